The fraction of sp³-hybridized carbons (Fsp3) is 0.533. The molecule has 0 unspecified atom stereocenters. The van der Waals surface area contributed by atoms with Crippen LogP contribution in [0.4, 0.5) is 11.4 Å². The van der Waals surface area contributed by atoms with Crippen molar-refractivity contribution in [3.05, 3.63) is 33.9 Å². The first-order valence-corrected chi connectivity index (χ1v) is 7.36. The van der Waals surface area contributed by atoms with Gasteiger partial charge in [0.1, 0.15) is 0 Å². The van der Waals surface area contributed by atoms with Crippen LogP contribution in [-0.2, 0) is 4.79 Å². The summed E-state index contributed by atoms with van der Waals surface area (Å²) >= 11 is 0. The normalized spacial score (nSPS) is 10.7. The van der Waals surface area contributed by atoms with Gasteiger partial charge in [-0.1, -0.05) is 19.4 Å². The molecule has 2 N–H and O–H groups in total. The predicted molar refractivity (Wildman–Crippen MR) is 84.9 cm³/mol. The van der Waals surface area contributed by atoms with Gasteiger partial charge in [-0.3, -0.25) is 19.8 Å². The van der Waals surface area contributed by atoms with Crippen LogP contribution in [0, 0.1) is 17.0 Å². The van der Waals surface area contributed by atoms with E-state index in [1.54, 1.807) is 13.0 Å². The largest absolute Gasteiger partial charge is 0.395 e. The SMILES string of the molecule is CCCCN(CCO)CC(=O)Nc1cc([N+](=O)[O-])ccc1C. The van der Waals surface area contributed by atoms with E-state index in [0.29, 0.717) is 12.2 Å². The van der Waals surface area contributed by atoms with Crippen molar-refractivity contribution in [1.29, 1.82) is 0 Å². The van der Waals surface area contributed by atoms with Gasteiger partial charge in [0.25, 0.3) is 5.69 Å². The van der Waals surface area contributed by atoms with Crippen LogP contribution in [0.15, 0.2) is 18.2 Å². The van der Waals surface area contributed by atoms with Gasteiger partial charge < -0.3 is 10.4 Å². The Morgan fingerprint density at radius 1 is 1.41 bits per heavy atom. The molecule has 0 heterocycles. The van der Waals surface area contributed by atoms with Crippen LogP contribution in [-0.4, -0.2) is 47.1 Å². The Labute approximate surface area is 130 Å². The fourth-order valence-corrected chi connectivity index (χ4v) is 2.04. The molecule has 22 heavy (non-hydrogen) atoms. The van der Waals surface area contributed by atoms with Gasteiger partial charge >= 0.3 is 0 Å². The molecule has 0 saturated carbocycles. The molecule has 1 rings (SSSR count). The third-order valence-corrected chi connectivity index (χ3v) is 3.32. The number of nitro benzene ring substituents is 1. The number of hydrogen-bond acceptors (Lipinski definition) is 5. The van der Waals surface area contributed by atoms with Crippen LogP contribution >= 0.6 is 0 Å². The Balaban J connectivity index is 2.70. The monoisotopic (exact) mass is 309 g/mol. The minimum atomic E-state index is -0.492. The number of benzene rings is 1. The Bertz CT molecular complexity index is 520. The van der Waals surface area contributed by atoms with E-state index in [-0.39, 0.29) is 24.7 Å². The van der Waals surface area contributed by atoms with Gasteiger partial charge in [-0.2, -0.15) is 0 Å². The predicted octanol–water partition coefficient (Wildman–Crippen LogP) is 1.94. The van der Waals surface area contributed by atoms with Crippen LogP contribution in [0.2, 0.25) is 0 Å². The maximum absolute atomic E-state index is 12.1. The third-order valence-electron chi connectivity index (χ3n) is 3.32. The molecular weight excluding hydrogens is 286 g/mol. The minimum Gasteiger partial charge on any atom is -0.395 e. The first-order valence-electron chi connectivity index (χ1n) is 7.36. The van der Waals surface area contributed by atoms with Crippen molar-refractivity contribution in [1.82, 2.24) is 4.90 Å². The number of aliphatic hydroxyl groups excluding tert-OH is 1. The molecule has 7 nitrogen and oxygen atoms in total. The number of nitro groups is 1. The van der Waals surface area contributed by atoms with Crippen molar-refractivity contribution in [2.24, 2.45) is 0 Å². The van der Waals surface area contributed by atoms with Gasteiger partial charge in [-0.25, -0.2) is 0 Å². The van der Waals surface area contributed by atoms with Gasteiger partial charge in [-0.05, 0) is 25.5 Å². The molecule has 1 aromatic carbocycles. The summed E-state index contributed by atoms with van der Waals surface area (Å²) in [6.45, 7) is 5.15. The number of unbranched alkanes of at least 4 members (excludes halogenated alkanes) is 1. The maximum atomic E-state index is 12.1. The highest BCUT2D eigenvalue weighted by Crippen LogP contribution is 2.21. The zero-order chi connectivity index (χ0) is 16.5. The van der Waals surface area contributed by atoms with E-state index >= 15 is 0 Å². The highest BCUT2D eigenvalue weighted by molar-refractivity contribution is 5.93. The van der Waals surface area contributed by atoms with E-state index in [1.165, 1.54) is 12.1 Å². The molecular formula is C15H23N3O4. The molecule has 0 aliphatic rings. The van der Waals surface area contributed by atoms with Crippen LogP contribution in [0.3, 0.4) is 0 Å². The lowest BCUT2D eigenvalue weighted by molar-refractivity contribution is -0.384. The van der Waals surface area contributed by atoms with Crippen LogP contribution in [0.25, 0.3) is 0 Å². The number of amides is 1. The first kappa shape index (κ1) is 18.1. The molecule has 1 amide bonds. The van der Waals surface area contributed by atoms with E-state index < -0.39 is 4.92 Å². The van der Waals surface area contributed by atoms with Crippen molar-refractivity contribution in [3.8, 4) is 0 Å². The van der Waals surface area contributed by atoms with Gasteiger partial charge in [-0.15, -0.1) is 0 Å². The van der Waals surface area contributed by atoms with Crippen molar-refractivity contribution >= 4 is 17.3 Å². The second-order valence-corrected chi connectivity index (χ2v) is 5.16. The Hall–Kier alpha value is -1.99. The number of aliphatic hydroxyl groups is 1. The molecule has 0 aliphatic heterocycles. The lowest BCUT2D eigenvalue weighted by atomic mass is 10.2. The van der Waals surface area contributed by atoms with Crippen LogP contribution < -0.4 is 5.32 Å². The van der Waals surface area contributed by atoms with Crippen molar-refractivity contribution in [2.45, 2.75) is 26.7 Å². The third kappa shape index (κ3) is 5.79. The summed E-state index contributed by atoms with van der Waals surface area (Å²) in [7, 11) is 0. The highest BCUT2D eigenvalue weighted by Gasteiger charge is 2.13. The summed E-state index contributed by atoms with van der Waals surface area (Å²) in [5.74, 6) is -0.242. The average molecular weight is 309 g/mol. The second-order valence-electron chi connectivity index (χ2n) is 5.16. The van der Waals surface area contributed by atoms with Gasteiger partial charge in [0, 0.05) is 18.7 Å². The fourth-order valence-electron chi connectivity index (χ4n) is 2.04. The van der Waals surface area contributed by atoms with Crippen LogP contribution in [0.1, 0.15) is 25.3 Å². The summed E-state index contributed by atoms with van der Waals surface area (Å²) < 4.78 is 0. The second kappa shape index (κ2) is 9.11. The molecule has 7 heteroatoms. The van der Waals surface area contributed by atoms with E-state index in [1.807, 2.05) is 4.90 Å². The average Bonchev–Trinajstić information content (AvgIpc) is 2.47. The highest BCUT2D eigenvalue weighted by atomic mass is 16.6. The number of rotatable bonds is 9. The standard InChI is InChI=1S/C15H23N3O4/c1-3-4-7-17(8-9-19)11-15(20)16-14-10-13(18(21)22)6-5-12(14)2/h5-6,10,19H,3-4,7-9,11H2,1-2H3,(H,16,20). The van der Waals surface area contributed by atoms with E-state index in [4.69, 9.17) is 5.11 Å². The van der Waals surface area contributed by atoms with Crippen molar-refractivity contribution in [3.63, 3.8) is 0 Å². The zero-order valence-electron chi connectivity index (χ0n) is 13.0. The lowest BCUT2D eigenvalue weighted by Crippen LogP contribution is -2.36. The summed E-state index contributed by atoms with van der Waals surface area (Å²) in [5, 5.41) is 22.5. The quantitative estimate of drug-likeness (QED) is 0.537. The molecule has 0 atom stereocenters. The molecule has 0 spiro atoms. The molecule has 1 aromatic rings. The summed E-state index contributed by atoms with van der Waals surface area (Å²) in [6.07, 6.45) is 1.96. The number of anilines is 1. The first-order chi connectivity index (χ1) is 10.5. The lowest BCUT2D eigenvalue weighted by Gasteiger charge is -2.20. The number of carbonyl (C=O) groups excluding carboxylic acids is 1. The van der Waals surface area contributed by atoms with Gasteiger partial charge in [0.2, 0.25) is 5.91 Å². The Morgan fingerprint density at radius 2 is 2.14 bits per heavy atom. The maximum Gasteiger partial charge on any atom is 0.271 e. The Kier molecular flexibility index (Phi) is 7.48. The smallest absolute Gasteiger partial charge is 0.271 e. The van der Waals surface area contributed by atoms with E-state index in [9.17, 15) is 14.9 Å². The summed E-state index contributed by atoms with van der Waals surface area (Å²) in [5.41, 5.74) is 1.15. The van der Waals surface area contributed by atoms with Gasteiger partial charge in [0.15, 0.2) is 0 Å². The van der Waals surface area contributed by atoms with E-state index in [0.717, 1.165) is 24.9 Å². The molecule has 0 aliphatic carbocycles. The number of nitrogens with zero attached hydrogens (tertiary/aromatic N) is 2. The topological polar surface area (TPSA) is 95.7 Å². The van der Waals surface area contributed by atoms with Crippen molar-refractivity contribution < 1.29 is 14.8 Å². The molecule has 0 radical (unpaired) electrons. The molecule has 0 fully saturated rings. The number of carbonyl (C=O) groups is 1. The summed E-state index contributed by atoms with van der Waals surface area (Å²) in [4.78, 5) is 24.3. The number of aryl methyl sites for hydroxylation is 1. The number of hydrogen-bond donors (Lipinski definition) is 2. The Morgan fingerprint density at radius 3 is 2.73 bits per heavy atom. The zero-order valence-corrected chi connectivity index (χ0v) is 13.0. The van der Waals surface area contributed by atoms with Crippen molar-refractivity contribution in [2.75, 3.05) is 31.6 Å². The van der Waals surface area contributed by atoms with Gasteiger partial charge in [0.05, 0.1) is 23.8 Å². The molecule has 0 aromatic heterocycles. The number of nitrogens with one attached hydrogen (secondary N) is 1. The van der Waals surface area contributed by atoms with Crippen LogP contribution in [0.5, 0.6) is 0 Å². The minimum absolute atomic E-state index is 0.00711. The molecule has 122 valence electrons. The van der Waals surface area contributed by atoms with E-state index in [2.05, 4.69) is 12.2 Å². The summed E-state index contributed by atoms with van der Waals surface area (Å²) in [6, 6.07) is 4.37. The molecule has 0 bridgehead atoms. The molecule has 0 saturated heterocycles. The number of non-ortho nitro benzene ring substituents is 1.